The van der Waals surface area contributed by atoms with E-state index in [0.29, 0.717) is 0 Å². The molecule has 0 atom stereocenters. The summed E-state index contributed by atoms with van der Waals surface area (Å²) >= 11 is 0. The molecule has 8 heteroatoms. The molecule has 2 rings (SSSR count). The first-order chi connectivity index (χ1) is 9.87. The highest BCUT2D eigenvalue weighted by atomic mass is 19.4. The quantitative estimate of drug-likeness (QED) is 0.824. The van der Waals surface area contributed by atoms with Gasteiger partial charge in [-0.2, -0.15) is 0 Å². The molecule has 21 heavy (non-hydrogen) atoms. The van der Waals surface area contributed by atoms with E-state index in [1.165, 1.54) is 18.2 Å². The molecule has 0 aliphatic rings. The number of rotatable bonds is 3. The largest absolute Gasteiger partial charge is 0.573 e. The number of ether oxygens (including phenoxy) is 1. The number of aromatic hydroxyl groups is 2. The van der Waals surface area contributed by atoms with Gasteiger partial charge in [-0.3, -0.25) is 0 Å². The van der Waals surface area contributed by atoms with Crippen LogP contribution in [-0.2, 0) is 0 Å². The van der Waals surface area contributed by atoms with Crippen molar-refractivity contribution in [3.8, 4) is 17.2 Å². The number of alkyl halides is 3. The first-order valence-electron chi connectivity index (χ1n) is 5.64. The number of benzene rings is 2. The predicted octanol–water partition coefficient (Wildman–Crippen LogP) is 4.41. The van der Waals surface area contributed by atoms with E-state index in [1.807, 2.05) is 0 Å². The van der Waals surface area contributed by atoms with Crippen molar-refractivity contribution < 1.29 is 28.1 Å². The molecule has 2 N–H and O–H groups in total. The lowest BCUT2D eigenvalue weighted by molar-refractivity contribution is -0.274. The minimum Gasteiger partial charge on any atom is -0.506 e. The van der Waals surface area contributed by atoms with E-state index >= 15 is 0 Å². The summed E-state index contributed by atoms with van der Waals surface area (Å²) in [4.78, 5) is 0. The van der Waals surface area contributed by atoms with Crippen LogP contribution in [0, 0.1) is 0 Å². The summed E-state index contributed by atoms with van der Waals surface area (Å²) in [5, 5.41) is 26.2. The standard InChI is InChI=1S/C13H9F3N2O3/c14-13(15,16)21-11-7-3-6-10(20)12(11)18-17-8-4-1-2-5-9(8)19/h1-7,19-20H. The van der Waals surface area contributed by atoms with E-state index in [0.717, 1.165) is 12.1 Å². The number of phenolic OH excluding ortho intramolecular Hbond substituents is 2. The van der Waals surface area contributed by atoms with Crippen molar-refractivity contribution in [1.82, 2.24) is 0 Å². The molecule has 0 heterocycles. The Morgan fingerprint density at radius 3 is 2.19 bits per heavy atom. The maximum Gasteiger partial charge on any atom is 0.573 e. The Bertz CT molecular complexity index is 672. The van der Waals surface area contributed by atoms with Crippen LogP contribution < -0.4 is 4.74 Å². The summed E-state index contributed by atoms with van der Waals surface area (Å²) < 4.78 is 40.5. The Balaban J connectivity index is 2.37. The molecule has 2 aromatic carbocycles. The highest BCUT2D eigenvalue weighted by Crippen LogP contribution is 2.40. The second-order valence-corrected chi connectivity index (χ2v) is 3.86. The maximum absolute atomic E-state index is 12.3. The summed E-state index contributed by atoms with van der Waals surface area (Å²) in [5.74, 6) is -1.42. The van der Waals surface area contributed by atoms with Crippen molar-refractivity contribution >= 4 is 11.4 Å². The molecule has 0 aliphatic carbocycles. The number of hydrogen-bond acceptors (Lipinski definition) is 5. The van der Waals surface area contributed by atoms with E-state index < -0.39 is 23.5 Å². The van der Waals surface area contributed by atoms with Crippen LogP contribution in [0.3, 0.4) is 0 Å². The van der Waals surface area contributed by atoms with Gasteiger partial charge in [0.15, 0.2) is 11.4 Å². The first kappa shape index (κ1) is 14.6. The molecule has 0 aliphatic heterocycles. The fourth-order valence-corrected chi connectivity index (χ4v) is 1.47. The van der Waals surface area contributed by atoms with Crippen molar-refractivity contribution in [3.05, 3.63) is 42.5 Å². The molecule has 110 valence electrons. The average molecular weight is 298 g/mol. The number of halogens is 3. The average Bonchev–Trinajstić information content (AvgIpc) is 2.38. The van der Waals surface area contributed by atoms with Gasteiger partial charge in [0.25, 0.3) is 0 Å². The SMILES string of the molecule is Oc1ccccc1N=Nc1c(O)cccc1OC(F)(F)F. The van der Waals surface area contributed by atoms with Crippen LogP contribution in [-0.4, -0.2) is 16.6 Å². The smallest absolute Gasteiger partial charge is 0.506 e. The van der Waals surface area contributed by atoms with Crippen molar-refractivity contribution in [3.63, 3.8) is 0 Å². The molecular weight excluding hydrogens is 289 g/mol. The van der Waals surface area contributed by atoms with Gasteiger partial charge in [0.1, 0.15) is 17.2 Å². The van der Waals surface area contributed by atoms with Gasteiger partial charge in [-0.15, -0.1) is 23.4 Å². The Morgan fingerprint density at radius 2 is 1.52 bits per heavy atom. The van der Waals surface area contributed by atoms with Gasteiger partial charge in [-0.05, 0) is 24.3 Å². The summed E-state index contributed by atoms with van der Waals surface area (Å²) in [6.07, 6.45) is -4.92. The molecule has 5 nitrogen and oxygen atoms in total. The van der Waals surface area contributed by atoms with E-state index in [1.54, 1.807) is 12.1 Å². The Labute approximate surface area is 116 Å². The van der Waals surface area contributed by atoms with E-state index in [2.05, 4.69) is 15.0 Å². The Kier molecular flexibility index (Phi) is 3.97. The summed E-state index contributed by atoms with van der Waals surface area (Å²) in [7, 11) is 0. The third kappa shape index (κ3) is 3.85. The maximum atomic E-state index is 12.3. The van der Waals surface area contributed by atoms with E-state index in [-0.39, 0.29) is 11.4 Å². The number of nitrogens with zero attached hydrogens (tertiary/aromatic N) is 2. The van der Waals surface area contributed by atoms with Crippen LogP contribution in [0.1, 0.15) is 0 Å². The van der Waals surface area contributed by atoms with Gasteiger partial charge in [0.05, 0.1) is 0 Å². The van der Waals surface area contributed by atoms with E-state index in [9.17, 15) is 23.4 Å². The van der Waals surface area contributed by atoms with Crippen molar-refractivity contribution in [2.24, 2.45) is 10.2 Å². The molecular formula is C13H9F3N2O3. The zero-order valence-corrected chi connectivity index (χ0v) is 10.4. The lowest BCUT2D eigenvalue weighted by atomic mass is 10.3. The molecule has 0 unspecified atom stereocenters. The van der Waals surface area contributed by atoms with Gasteiger partial charge >= 0.3 is 6.36 Å². The molecule has 0 saturated carbocycles. The molecule has 0 fully saturated rings. The first-order valence-corrected chi connectivity index (χ1v) is 5.64. The third-order valence-corrected chi connectivity index (χ3v) is 2.34. The van der Waals surface area contributed by atoms with Crippen molar-refractivity contribution in [1.29, 1.82) is 0 Å². The van der Waals surface area contributed by atoms with Crippen LogP contribution >= 0.6 is 0 Å². The van der Waals surface area contributed by atoms with Gasteiger partial charge in [0, 0.05) is 0 Å². The third-order valence-electron chi connectivity index (χ3n) is 2.34. The zero-order valence-electron chi connectivity index (χ0n) is 10.4. The second-order valence-electron chi connectivity index (χ2n) is 3.86. The summed E-state index contributed by atoms with van der Waals surface area (Å²) in [6, 6.07) is 9.16. The molecule has 0 spiro atoms. The van der Waals surface area contributed by atoms with Crippen molar-refractivity contribution in [2.75, 3.05) is 0 Å². The van der Waals surface area contributed by atoms with Crippen molar-refractivity contribution in [2.45, 2.75) is 6.36 Å². The summed E-state index contributed by atoms with van der Waals surface area (Å²) in [6.45, 7) is 0. The lowest BCUT2D eigenvalue weighted by Crippen LogP contribution is -2.17. The van der Waals surface area contributed by atoms with Gasteiger partial charge in [0.2, 0.25) is 0 Å². The fourth-order valence-electron chi connectivity index (χ4n) is 1.47. The Hall–Kier alpha value is -2.77. The predicted molar refractivity (Wildman–Crippen MR) is 67.1 cm³/mol. The monoisotopic (exact) mass is 298 g/mol. The number of phenols is 2. The minimum atomic E-state index is -4.92. The lowest BCUT2D eigenvalue weighted by Gasteiger charge is -2.11. The van der Waals surface area contributed by atoms with Crippen LogP contribution in [0.25, 0.3) is 0 Å². The zero-order chi connectivity index (χ0) is 15.5. The van der Waals surface area contributed by atoms with Crippen LogP contribution in [0.5, 0.6) is 17.2 Å². The highest BCUT2D eigenvalue weighted by Gasteiger charge is 2.32. The van der Waals surface area contributed by atoms with Gasteiger partial charge < -0.3 is 14.9 Å². The second kappa shape index (κ2) is 5.70. The summed E-state index contributed by atoms with van der Waals surface area (Å²) in [5.41, 5.74) is -0.447. The van der Waals surface area contributed by atoms with Crippen LogP contribution in [0.15, 0.2) is 52.7 Å². The molecule has 0 radical (unpaired) electrons. The minimum absolute atomic E-state index is 0.0405. The number of azo groups is 1. The number of para-hydroxylation sites is 1. The van der Waals surface area contributed by atoms with E-state index in [4.69, 9.17) is 0 Å². The number of hydrogen-bond donors (Lipinski definition) is 2. The molecule has 2 aromatic rings. The molecule has 0 aromatic heterocycles. The molecule has 0 bridgehead atoms. The van der Waals surface area contributed by atoms with Gasteiger partial charge in [-0.1, -0.05) is 18.2 Å². The topological polar surface area (TPSA) is 74.4 Å². The highest BCUT2D eigenvalue weighted by molar-refractivity contribution is 5.61. The van der Waals surface area contributed by atoms with Crippen LogP contribution in [0.2, 0.25) is 0 Å². The van der Waals surface area contributed by atoms with Gasteiger partial charge in [-0.25, -0.2) is 0 Å². The molecule has 0 amide bonds. The fraction of sp³-hybridized carbons (Fsp3) is 0.0769. The van der Waals surface area contributed by atoms with Crippen LogP contribution in [0.4, 0.5) is 24.5 Å². The normalized spacial score (nSPS) is 11.8. The Morgan fingerprint density at radius 1 is 0.857 bits per heavy atom. The molecule has 0 saturated heterocycles.